The maximum Gasteiger partial charge on any atom is 0.231 e. The van der Waals surface area contributed by atoms with E-state index in [-0.39, 0.29) is 19.0 Å². The van der Waals surface area contributed by atoms with E-state index < -0.39 is 0 Å². The Balaban J connectivity index is 1.39. The lowest BCUT2D eigenvalue weighted by atomic mass is 10.1. The molecule has 2 heterocycles. The third-order valence-corrected chi connectivity index (χ3v) is 5.65. The lowest BCUT2D eigenvalue weighted by Gasteiger charge is -2.35. The van der Waals surface area contributed by atoms with Gasteiger partial charge < -0.3 is 24.8 Å². The molecule has 2 aliphatic rings. The number of rotatable bonds is 7. The number of morpholine rings is 1. The van der Waals surface area contributed by atoms with E-state index in [0.717, 1.165) is 55.7 Å². The molecule has 7 nitrogen and oxygen atoms in total. The molecule has 2 unspecified atom stereocenters. The molecule has 2 N–H and O–H groups in total. The molecule has 32 heavy (non-hydrogen) atoms. The van der Waals surface area contributed by atoms with Gasteiger partial charge in [0.2, 0.25) is 6.79 Å². The van der Waals surface area contributed by atoms with Gasteiger partial charge in [-0.2, -0.15) is 0 Å². The fourth-order valence-corrected chi connectivity index (χ4v) is 4.27. The summed E-state index contributed by atoms with van der Waals surface area (Å²) in [5.74, 6) is 2.38. The van der Waals surface area contributed by atoms with Crippen molar-refractivity contribution in [1.82, 2.24) is 15.5 Å². The number of nitrogens with zero attached hydrogens (tertiary/aromatic N) is 2. The van der Waals surface area contributed by atoms with E-state index in [2.05, 4.69) is 60.6 Å². The van der Waals surface area contributed by atoms with Crippen molar-refractivity contribution >= 4 is 5.96 Å². The van der Waals surface area contributed by atoms with E-state index >= 15 is 0 Å². The smallest absolute Gasteiger partial charge is 0.231 e. The van der Waals surface area contributed by atoms with Crippen molar-refractivity contribution in [2.24, 2.45) is 4.99 Å². The standard InChI is InChI=1S/C25H34N4O3/c1-4-26-25(27-12-20-9-10-23-24(11-20)31-17-30-23)28-13-21-7-5-6-8-22(21)16-29-14-18(2)32-19(3)15-29/h5-11,18-19H,4,12-17H2,1-3H3,(H2,26,27,28). The Hall–Kier alpha value is -2.77. The predicted octanol–water partition coefficient (Wildman–Crippen LogP) is 3.28. The van der Waals surface area contributed by atoms with Gasteiger partial charge in [0.05, 0.1) is 18.8 Å². The highest BCUT2D eigenvalue weighted by Gasteiger charge is 2.22. The van der Waals surface area contributed by atoms with Crippen LogP contribution in [0.2, 0.25) is 0 Å². The number of benzene rings is 2. The molecule has 2 aromatic rings. The highest BCUT2D eigenvalue weighted by atomic mass is 16.7. The van der Waals surface area contributed by atoms with Crippen molar-refractivity contribution in [1.29, 1.82) is 0 Å². The summed E-state index contributed by atoms with van der Waals surface area (Å²) in [6, 6.07) is 14.6. The fraction of sp³-hybridized carbons (Fsp3) is 0.480. The predicted molar refractivity (Wildman–Crippen MR) is 126 cm³/mol. The molecule has 0 aromatic heterocycles. The Morgan fingerprint density at radius 1 is 1.00 bits per heavy atom. The van der Waals surface area contributed by atoms with Crippen LogP contribution in [0.5, 0.6) is 11.5 Å². The first-order chi connectivity index (χ1) is 15.6. The topological polar surface area (TPSA) is 67.4 Å². The minimum Gasteiger partial charge on any atom is -0.454 e. The molecule has 4 rings (SSSR count). The molecule has 1 saturated heterocycles. The van der Waals surface area contributed by atoms with Gasteiger partial charge in [-0.1, -0.05) is 30.3 Å². The summed E-state index contributed by atoms with van der Waals surface area (Å²) in [6.07, 6.45) is 0.542. The molecular weight excluding hydrogens is 404 g/mol. The van der Waals surface area contributed by atoms with Crippen LogP contribution >= 0.6 is 0 Å². The summed E-state index contributed by atoms with van der Waals surface area (Å²) >= 11 is 0. The molecule has 2 atom stereocenters. The highest BCUT2D eigenvalue weighted by Crippen LogP contribution is 2.32. The summed E-state index contributed by atoms with van der Waals surface area (Å²) in [6.45, 7) is 11.6. The Bertz CT molecular complexity index is 923. The number of aliphatic imine (C=N–C) groups is 1. The molecule has 1 fully saturated rings. The Morgan fingerprint density at radius 3 is 2.53 bits per heavy atom. The summed E-state index contributed by atoms with van der Waals surface area (Å²) in [4.78, 5) is 7.24. The van der Waals surface area contributed by atoms with Crippen molar-refractivity contribution < 1.29 is 14.2 Å². The van der Waals surface area contributed by atoms with E-state index in [1.807, 2.05) is 18.2 Å². The second-order valence-corrected chi connectivity index (χ2v) is 8.46. The van der Waals surface area contributed by atoms with Gasteiger partial charge in [0.25, 0.3) is 0 Å². The SMILES string of the molecule is CCNC(=NCc1ccc2c(c1)OCO2)NCc1ccccc1CN1CC(C)OC(C)C1. The van der Waals surface area contributed by atoms with E-state index in [4.69, 9.17) is 19.2 Å². The quantitative estimate of drug-likeness (QED) is 0.511. The highest BCUT2D eigenvalue weighted by molar-refractivity contribution is 5.79. The Kier molecular flexibility index (Phi) is 7.50. The molecule has 0 saturated carbocycles. The number of fused-ring (bicyclic) bond motifs is 1. The Labute approximate surface area is 190 Å². The van der Waals surface area contributed by atoms with Gasteiger partial charge in [0, 0.05) is 32.7 Å². The number of nitrogens with one attached hydrogen (secondary N) is 2. The molecule has 0 radical (unpaired) electrons. The van der Waals surface area contributed by atoms with Crippen LogP contribution in [-0.2, 0) is 24.4 Å². The van der Waals surface area contributed by atoms with E-state index in [0.29, 0.717) is 6.54 Å². The molecule has 2 aliphatic heterocycles. The van der Waals surface area contributed by atoms with E-state index in [1.165, 1.54) is 11.1 Å². The average molecular weight is 439 g/mol. The van der Waals surface area contributed by atoms with Crippen molar-refractivity contribution in [3.8, 4) is 11.5 Å². The van der Waals surface area contributed by atoms with Gasteiger partial charge in [-0.25, -0.2) is 4.99 Å². The van der Waals surface area contributed by atoms with E-state index in [9.17, 15) is 0 Å². The van der Waals surface area contributed by atoms with Crippen molar-refractivity contribution in [2.75, 3.05) is 26.4 Å². The largest absolute Gasteiger partial charge is 0.454 e. The van der Waals surface area contributed by atoms with Crippen LogP contribution in [0.15, 0.2) is 47.5 Å². The van der Waals surface area contributed by atoms with Crippen LogP contribution in [0.3, 0.4) is 0 Å². The van der Waals surface area contributed by atoms with Crippen molar-refractivity contribution in [2.45, 2.75) is 52.6 Å². The Morgan fingerprint density at radius 2 is 1.75 bits per heavy atom. The molecule has 0 aliphatic carbocycles. The van der Waals surface area contributed by atoms with Crippen LogP contribution in [-0.4, -0.2) is 49.5 Å². The lowest BCUT2D eigenvalue weighted by Crippen LogP contribution is -2.45. The molecular formula is C25H34N4O3. The molecule has 0 bridgehead atoms. The van der Waals surface area contributed by atoms with Gasteiger partial charge in [-0.05, 0) is 49.6 Å². The maximum absolute atomic E-state index is 5.89. The zero-order chi connectivity index (χ0) is 22.3. The van der Waals surface area contributed by atoms with Crippen LogP contribution in [0.1, 0.15) is 37.5 Å². The minimum atomic E-state index is 0.271. The monoisotopic (exact) mass is 438 g/mol. The molecule has 0 spiro atoms. The average Bonchev–Trinajstić information content (AvgIpc) is 3.24. The van der Waals surface area contributed by atoms with Crippen LogP contribution in [0.4, 0.5) is 0 Å². The molecule has 0 amide bonds. The minimum absolute atomic E-state index is 0.271. The van der Waals surface area contributed by atoms with Crippen LogP contribution < -0.4 is 20.1 Å². The lowest BCUT2D eigenvalue weighted by molar-refractivity contribution is -0.0705. The third-order valence-electron chi connectivity index (χ3n) is 5.65. The molecule has 2 aromatic carbocycles. The van der Waals surface area contributed by atoms with Gasteiger partial charge in [0.15, 0.2) is 17.5 Å². The zero-order valence-electron chi connectivity index (χ0n) is 19.3. The summed E-state index contributed by atoms with van der Waals surface area (Å²) in [7, 11) is 0. The third kappa shape index (κ3) is 5.93. The first-order valence-electron chi connectivity index (χ1n) is 11.5. The number of hydrogen-bond acceptors (Lipinski definition) is 5. The second kappa shape index (κ2) is 10.7. The van der Waals surface area contributed by atoms with Gasteiger partial charge in [-0.15, -0.1) is 0 Å². The maximum atomic E-state index is 5.89. The summed E-state index contributed by atoms with van der Waals surface area (Å²) < 4.78 is 16.7. The second-order valence-electron chi connectivity index (χ2n) is 8.46. The van der Waals surface area contributed by atoms with Crippen molar-refractivity contribution in [3.63, 3.8) is 0 Å². The first kappa shape index (κ1) is 22.4. The number of ether oxygens (including phenoxy) is 3. The number of hydrogen-bond donors (Lipinski definition) is 2. The fourth-order valence-electron chi connectivity index (χ4n) is 4.27. The van der Waals surface area contributed by atoms with Gasteiger partial charge in [-0.3, -0.25) is 4.90 Å². The van der Waals surface area contributed by atoms with E-state index in [1.54, 1.807) is 0 Å². The van der Waals surface area contributed by atoms with Gasteiger partial charge >= 0.3 is 0 Å². The zero-order valence-corrected chi connectivity index (χ0v) is 19.3. The molecule has 7 heteroatoms. The van der Waals surface area contributed by atoms with Crippen LogP contribution in [0.25, 0.3) is 0 Å². The first-order valence-corrected chi connectivity index (χ1v) is 11.5. The number of guanidine groups is 1. The molecule has 172 valence electrons. The summed E-state index contributed by atoms with van der Waals surface area (Å²) in [5, 5.41) is 6.84. The normalized spacial score (nSPS) is 20.9. The summed E-state index contributed by atoms with van der Waals surface area (Å²) in [5.41, 5.74) is 3.71. The van der Waals surface area contributed by atoms with Crippen molar-refractivity contribution in [3.05, 3.63) is 59.2 Å². The van der Waals surface area contributed by atoms with Crippen LogP contribution in [0, 0.1) is 0 Å². The van der Waals surface area contributed by atoms with Gasteiger partial charge in [0.1, 0.15) is 0 Å².